The fourth-order valence-electron chi connectivity index (χ4n) is 1.89. The third kappa shape index (κ3) is 4.44. The molecule has 120 valence electrons. The summed E-state index contributed by atoms with van der Waals surface area (Å²) in [4.78, 5) is 0. The largest absolute Gasteiger partial charge is 0.490 e. The van der Waals surface area contributed by atoms with Crippen molar-refractivity contribution in [1.82, 2.24) is 0 Å². The Morgan fingerprint density at radius 2 is 1.91 bits per heavy atom. The first-order chi connectivity index (χ1) is 10.9. The molecule has 0 bridgehead atoms. The first-order valence-electron chi connectivity index (χ1n) is 6.77. The summed E-state index contributed by atoms with van der Waals surface area (Å²) in [6, 6.07) is 11.6. The summed E-state index contributed by atoms with van der Waals surface area (Å²) in [5.74, 6) is -1.12. The Morgan fingerprint density at radius 3 is 2.57 bits per heavy atom. The second kappa shape index (κ2) is 7.11. The minimum Gasteiger partial charge on any atom is -0.490 e. The van der Waals surface area contributed by atoms with E-state index in [1.165, 1.54) is 36.4 Å². The summed E-state index contributed by atoms with van der Waals surface area (Å²) in [7, 11) is -4.07. The predicted molar refractivity (Wildman–Crippen MR) is 82.0 cm³/mol. The van der Waals surface area contributed by atoms with Crippen LogP contribution in [0.25, 0.3) is 0 Å². The molecule has 2 rings (SSSR count). The quantitative estimate of drug-likeness (QED) is 0.759. The Balaban J connectivity index is 2.27. The van der Waals surface area contributed by atoms with Crippen LogP contribution in [-0.4, -0.2) is 15.0 Å². The van der Waals surface area contributed by atoms with E-state index in [9.17, 15) is 12.8 Å². The van der Waals surface area contributed by atoms with Crippen LogP contribution in [0.5, 0.6) is 11.5 Å². The summed E-state index contributed by atoms with van der Waals surface area (Å²) >= 11 is 0. The lowest BCUT2D eigenvalue weighted by Gasteiger charge is -2.12. The fourth-order valence-corrected chi connectivity index (χ4v) is 2.97. The normalized spacial score (nSPS) is 10.8. The second-order valence-electron chi connectivity index (χ2n) is 4.58. The average Bonchev–Trinajstić information content (AvgIpc) is 2.51. The van der Waals surface area contributed by atoms with Crippen molar-refractivity contribution in [2.24, 2.45) is 0 Å². The van der Waals surface area contributed by atoms with Crippen molar-refractivity contribution in [2.45, 2.75) is 12.7 Å². The van der Waals surface area contributed by atoms with E-state index in [2.05, 4.69) is 0 Å². The molecule has 0 aliphatic rings. The molecule has 0 aromatic heterocycles. The van der Waals surface area contributed by atoms with Gasteiger partial charge in [0.05, 0.1) is 18.2 Å². The summed E-state index contributed by atoms with van der Waals surface area (Å²) in [6.45, 7) is 2.00. The molecule has 2 aromatic rings. The molecular weight excluding hydrogens is 321 g/mol. The van der Waals surface area contributed by atoms with Gasteiger partial charge in [0.15, 0.2) is 11.5 Å². The first-order valence-corrected chi connectivity index (χ1v) is 8.35. The minimum absolute atomic E-state index is 0.0131. The predicted octanol–water partition coefficient (Wildman–Crippen LogP) is 3.00. The van der Waals surface area contributed by atoms with E-state index in [0.29, 0.717) is 5.56 Å². The van der Waals surface area contributed by atoms with Crippen LogP contribution in [-0.2, 0) is 15.9 Å². The highest BCUT2D eigenvalue weighted by atomic mass is 32.2. The topological polar surface area (TPSA) is 76.4 Å². The average molecular weight is 335 g/mol. The van der Waals surface area contributed by atoms with Crippen molar-refractivity contribution in [3.8, 4) is 17.6 Å². The SMILES string of the molecule is CCOc1cc(C#N)ccc1OS(=O)(=O)Cc1ccccc1F. The van der Waals surface area contributed by atoms with Crippen LogP contribution >= 0.6 is 0 Å². The Bertz CT molecular complexity index is 843. The second-order valence-corrected chi connectivity index (χ2v) is 6.15. The molecule has 0 saturated carbocycles. The van der Waals surface area contributed by atoms with Gasteiger partial charge in [0.2, 0.25) is 0 Å². The summed E-state index contributed by atoms with van der Waals surface area (Å²) in [5.41, 5.74) is 0.325. The van der Waals surface area contributed by atoms with Gasteiger partial charge >= 0.3 is 10.1 Å². The number of halogens is 1. The molecule has 0 N–H and O–H groups in total. The number of nitrogens with zero attached hydrogens (tertiary/aromatic N) is 1. The van der Waals surface area contributed by atoms with Crippen molar-refractivity contribution >= 4 is 10.1 Å². The maximum atomic E-state index is 13.6. The number of hydrogen-bond acceptors (Lipinski definition) is 5. The minimum atomic E-state index is -4.07. The van der Waals surface area contributed by atoms with Crippen LogP contribution in [0, 0.1) is 17.1 Å². The van der Waals surface area contributed by atoms with Crippen molar-refractivity contribution in [3.05, 3.63) is 59.4 Å². The molecule has 7 heteroatoms. The Labute approximate surface area is 134 Å². The number of hydrogen-bond donors (Lipinski definition) is 0. The molecule has 0 heterocycles. The van der Waals surface area contributed by atoms with Gasteiger partial charge in [0.1, 0.15) is 11.6 Å². The maximum Gasteiger partial charge on any atom is 0.313 e. The molecule has 2 aromatic carbocycles. The molecule has 5 nitrogen and oxygen atoms in total. The van der Waals surface area contributed by atoms with E-state index in [0.717, 1.165) is 0 Å². The molecule has 0 radical (unpaired) electrons. The molecular formula is C16H14FNO4S. The van der Waals surface area contributed by atoms with Gasteiger partial charge in [-0.1, -0.05) is 18.2 Å². The van der Waals surface area contributed by atoms with E-state index in [4.69, 9.17) is 14.2 Å². The monoisotopic (exact) mass is 335 g/mol. The van der Waals surface area contributed by atoms with Crippen LogP contribution in [0.15, 0.2) is 42.5 Å². The summed E-state index contributed by atoms with van der Waals surface area (Å²) in [6.07, 6.45) is 0. The third-order valence-electron chi connectivity index (χ3n) is 2.88. The van der Waals surface area contributed by atoms with Gasteiger partial charge < -0.3 is 8.92 Å². The highest BCUT2D eigenvalue weighted by molar-refractivity contribution is 7.86. The van der Waals surface area contributed by atoms with Gasteiger partial charge in [-0.25, -0.2) is 4.39 Å². The molecule has 0 atom stereocenters. The van der Waals surface area contributed by atoms with Gasteiger partial charge in [0.25, 0.3) is 0 Å². The van der Waals surface area contributed by atoms with Gasteiger partial charge in [-0.05, 0) is 25.1 Å². The van der Waals surface area contributed by atoms with E-state index in [-0.39, 0.29) is 23.7 Å². The van der Waals surface area contributed by atoms with E-state index in [1.807, 2.05) is 6.07 Å². The Morgan fingerprint density at radius 1 is 1.17 bits per heavy atom. The summed E-state index contributed by atoms with van der Waals surface area (Å²) in [5, 5.41) is 8.87. The maximum absolute atomic E-state index is 13.6. The highest BCUT2D eigenvalue weighted by Crippen LogP contribution is 2.30. The van der Waals surface area contributed by atoms with E-state index < -0.39 is 21.7 Å². The lowest BCUT2D eigenvalue weighted by Crippen LogP contribution is -2.14. The standard InChI is InChI=1S/C16H14FNO4S/c1-2-21-16-9-12(10-18)7-8-15(16)22-23(19,20)11-13-5-3-4-6-14(13)17/h3-9H,2,11H2,1H3. The van der Waals surface area contributed by atoms with Crippen LogP contribution < -0.4 is 8.92 Å². The number of rotatable bonds is 6. The molecule has 0 aliphatic heterocycles. The third-order valence-corrected chi connectivity index (χ3v) is 3.98. The molecule has 0 unspecified atom stereocenters. The van der Waals surface area contributed by atoms with Crippen LogP contribution in [0.1, 0.15) is 18.1 Å². The Kier molecular flexibility index (Phi) is 5.19. The van der Waals surface area contributed by atoms with Crippen molar-refractivity contribution < 1.29 is 21.7 Å². The van der Waals surface area contributed by atoms with E-state index >= 15 is 0 Å². The summed E-state index contributed by atoms with van der Waals surface area (Å²) < 4.78 is 48.1. The van der Waals surface area contributed by atoms with Gasteiger partial charge in [-0.15, -0.1) is 0 Å². The Hall–Kier alpha value is -2.59. The zero-order valence-corrected chi connectivity index (χ0v) is 13.1. The van der Waals surface area contributed by atoms with E-state index in [1.54, 1.807) is 13.0 Å². The number of ether oxygens (including phenoxy) is 1. The van der Waals surface area contributed by atoms with Crippen molar-refractivity contribution in [2.75, 3.05) is 6.61 Å². The zero-order chi connectivity index (χ0) is 16.9. The van der Waals surface area contributed by atoms with Gasteiger partial charge in [-0.2, -0.15) is 13.7 Å². The molecule has 0 saturated heterocycles. The smallest absolute Gasteiger partial charge is 0.313 e. The molecule has 0 aliphatic carbocycles. The molecule has 0 amide bonds. The zero-order valence-electron chi connectivity index (χ0n) is 12.3. The molecule has 0 fully saturated rings. The van der Waals surface area contributed by atoms with Gasteiger partial charge in [-0.3, -0.25) is 0 Å². The molecule has 0 spiro atoms. The van der Waals surface area contributed by atoms with Crippen LogP contribution in [0.3, 0.4) is 0 Å². The van der Waals surface area contributed by atoms with Crippen molar-refractivity contribution in [1.29, 1.82) is 5.26 Å². The van der Waals surface area contributed by atoms with Gasteiger partial charge in [0, 0.05) is 11.6 Å². The first kappa shape index (κ1) is 16.8. The fraction of sp³-hybridized carbons (Fsp3) is 0.188. The molecule has 23 heavy (non-hydrogen) atoms. The lowest BCUT2D eigenvalue weighted by atomic mass is 10.2. The van der Waals surface area contributed by atoms with Crippen molar-refractivity contribution in [3.63, 3.8) is 0 Å². The van der Waals surface area contributed by atoms with Crippen LogP contribution in [0.2, 0.25) is 0 Å². The lowest BCUT2D eigenvalue weighted by molar-refractivity contribution is 0.327. The number of nitriles is 1. The highest BCUT2D eigenvalue weighted by Gasteiger charge is 2.19. The van der Waals surface area contributed by atoms with Crippen LogP contribution in [0.4, 0.5) is 4.39 Å². The number of benzene rings is 2.